The topological polar surface area (TPSA) is 39.2 Å². The lowest BCUT2D eigenvalue weighted by Gasteiger charge is -2.10. The Hall–Kier alpha value is -1.90. The second kappa shape index (κ2) is 8.31. The number of carbonyl (C=O) groups excluding carboxylic acids is 1. The Morgan fingerprint density at radius 3 is 2.70 bits per heavy atom. The minimum Gasteiger partial charge on any atom is -0.454 e. The standard InChI is InChI=1S/C17H23NO2/c1-13(2)8-7-9-14(3)12-15(4)20-17(19)16-10-5-6-11-18-16/h5-6,8,10-12,15H,7,9H2,1-4H3/b14-12-/t15-/m1/s1. The van der Waals surface area contributed by atoms with Crippen molar-refractivity contribution in [2.75, 3.05) is 0 Å². The molecule has 0 saturated heterocycles. The van der Waals surface area contributed by atoms with E-state index in [2.05, 4.69) is 31.8 Å². The summed E-state index contributed by atoms with van der Waals surface area (Å²) in [5, 5.41) is 0. The zero-order valence-electron chi connectivity index (χ0n) is 12.7. The van der Waals surface area contributed by atoms with Crippen LogP contribution in [0.1, 0.15) is 51.0 Å². The molecule has 1 rings (SSSR count). The molecular weight excluding hydrogens is 250 g/mol. The van der Waals surface area contributed by atoms with Gasteiger partial charge in [0.15, 0.2) is 0 Å². The van der Waals surface area contributed by atoms with Gasteiger partial charge >= 0.3 is 5.97 Å². The van der Waals surface area contributed by atoms with Gasteiger partial charge in [-0.1, -0.05) is 23.3 Å². The quantitative estimate of drug-likeness (QED) is 0.572. The summed E-state index contributed by atoms with van der Waals surface area (Å²) in [6, 6.07) is 5.20. The molecule has 0 unspecified atom stereocenters. The smallest absolute Gasteiger partial charge is 0.357 e. The molecule has 0 aliphatic carbocycles. The van der Waals surface area contributed by atoms with Crippen LogP contribution in [0, 0.1) is 0 Å². The van der Waals surface area contributed by atoms with Gasteiger partial charge in [-0.3, -0.25) is 0 Å². The van der Waals surface area contributed by atoms with Crippen molar-refractivity contribution < 1.29 is 9.53 Å². The maximum atomic E-state index is 11.8. The molecular formula is C17H23NO2. The third-order valence-corrected chi connectivity index (χ3v) is 2.78. The molecule has 0 spiro atoms. The second-order valence-electron chi connectivity index (χ2n) is 5.16. The molecule has 3 nitrogen and oxygen atoms in total. The fourth-order valence-electron chi connectivity index (χ4n) is 1.82. The number of esters is 1. The highest BCUT2D eigenvalue weighted by Gasteiger charge is 2.11. The molecule has 108 valence electrons. The maximum Gasteiger partial charge on any atom is 0.357 e. The summed E-state index contributed by atoms with van der Waals surface area (Å²) < 4.78 is 5.34. The lowest BCUT2D eigenvalue weighted by atomic mass is 10.1. The number of aromatic nitrogens is 1. The number of ether oxygens (including phenoxy) is 1. The molecule has 0 amide bonds. The number of hydrogen-bond acceptors (Lipinski definition) is 3. The van der Waals surface area contributed by atoms with Crippen molar-refractivity contribution in [3.63, 3.8) is 0 Å². The van der Waals surface area contributed by atoms with E-state index in [9.17, 15) is 4.79 Å². The summed E-state index contributed by atoms with van der Waals surface area (Å²) in [6.45, 7) is 8.11. The van der Waals surface area contributed by atoms with Crippen LogP contribution in [0.2, 0.25) is 0 Å². The molecule has 0 aliphatic heterocycles. The fourth-order valence-corrected chi connectivity index (χ4v) is 1.82. The Labute approximate surface area is 121 Å². The van der Waals surface area contributed by atoms with Crippen LogP contribution >= 0.6 is 0 Å². The van der Waals surface area contributed by atoms with Gasteiger partial charge in [-0.15, -0.1) is 0 Å². The molecule has 0 aromatic carbocycles. The first-order chi connectivity index (χ1) is 9.49. The predicted molar refractivity (Wildman–Crippen MR) is 81.5 cm³/mol. The van der Waals surface area contributed by atoms with E-state index >= 15 is 0 Å². The monoisotopic (exact) mass is 273 g/mol. The van der Waals surface area contributed by atoms with Crippen molar-refractivity contribution in [1.82, 2.24) is 4.98 Å². The highest BCUT2D eigenvalue weighted by molar-refractivity contribution is 5.87. The Morgan fingerprint density at radius 1 is 1.35 bits per heavy atom. The lowest BCUT2D eigenvalue weighted by molar-refractivity contribution is 0.0416. The predicted octanol–water partition coefficient (Wildman–Crippen LogP) is 4.32. The van der Waals surface area contributed by atoms with E-state index in [0.717, 1.165) is 12.8 Å². The number of rotatable bonds is 6. The van der Waals surface area contributed by atoms with Gasteiger partial charge in [0.05, 0.1) is 0 Å². The van der Waals surface area contributed by atoms with Crippen LogP contribution in [0.3, 0.4) is 0 Å². The van der Waals surface area contributed by atoms with E-state index in [1.54, 1.807) is 24.4 Å². The first-order valence-electron chi connectivity index (χ1n) is 6.91. The number of allylic oxidation sites excluding steroid dienone is 3. The molecule has 0 radical (unpaired) electrons. The van der Waals surface area contributed by atoms with E-state index in [-0.39, 0.29) is 12.1 Å². The third kappa shape index (κ3) is 6.32. The van der Waals surface area contributed by atoms with Crippen LogP contribution in [-0.2, 0) is 4.74 Å². The Balaban J connectivity index is 2.48. The molecule has 1 atom stereocenters. The minimum absolute atomic E-state index is 0.240. The van der Waals surface area contributed by atoms with Gasteiger partial charge in [0.1, 0.15) is 11.8 Å². The van der Waals surface area contributed by atoms with Gasteiger partial charge in [-0.05, 0) is 58.7 Å². The summed E-state index contributed by atoms with van der Waals surface area (Å²) in [5.74, 6) is -0.383. The maximum absolute atomic E-state index is 11.8. The molecule has 0 aliphatic rings. The zero-order chi connectivity index (χ0) is 15.0. The van der Waals surface area contributed by atoms with Crippen molar-refractivity contribution in [2.45, 2.75) is 46.6 Å². The van der Waals surface area contributed by atoms with E-state index < -0.39 is 0 Å². The average molecular weight is 273 g/mol. The van der Waals surface area contributed by atoms with E-state index in [0.29, 0.717) is 5.69 Å². The van der Waals surface area contributed by atoms with Crippen LogP contribution in [-0.4, -0.2) is 17.1 Å². The zero-order valence-corrected chi connectivity index (χ0v) is 12.7. The van der Waals surface area contributed by atoms with E-state index in [1.807, 2.05) is 13.0 Å². The van der Waals surface area contributed by atoms with Crippen LogP contribution in [0.25, 0.3) is 0 Å². The molecule has 0 bridgehead atoms. The van der Waals surface area contributed by atoms with E-state index in [1.165, 1.54) is 11.1 Å². The van der Waals surface area contributed by atoms with Gasteiger partial charge in [0, 0.05) is 6.20 Å². The Bertz CT molecular complexity index is 485. The largest absolute Gasteiger partial charge is 0.454 e. The molecule has 1 aromatic heterocycles. The van der Waals surface area contributed by atoms with Crippen molar-refractivity contribution in [3.8, 4) is 0 Å². The van der Waals surface area contributed by atoms with Crippen LogP contribution < -0.4 is 0 Å². The summed E-state index contributed by atoms with van der Waals surface area (Å²) in [5.41, 5.74) is 2.89. The first-order valence-corrected chi connectivity index (χ1v) is 6.91. The molecule has 0 N–H and O–H groups in total. The Kier molecular flexibility index (Phi) is 6.71. The summed E-state index contributed by atoms with van der Waals surface area (Å²) in [6.07, 6.45) is 7.54. The highest BCUT2D eigenvalue weighted by atomic mass is 16.5. The summed E-state index contributed by atoms with van der Waals surface area (Å²) >= 11 is 0. The van der Waals surface area contributed by atoms with Crippen LogP contribution in [0.5, 0.6) is 0 Å². The normalized spacial score (nSPS) is 12.7. The van der Waals surface area contributed by atoms with Gasteiger partial charge < -0.3 is 4.74 Å². The molecule has 1 aromatic rings. The van der Waals surface area contributed by atoms with Crippen molar-refractivity contribution in [2.24, 2.45) is 0 Å². The molecule has 3 heteroatoms. The van der Waals surface area contributed by atoms with Crippen molar-refractivity contribution >= 4 is 5.97 Å². The first kappa shape index (κ1) is 16.2. The van der Waals surface area contributed by atoms with Gasteiger partial charge in [0.2, 0.25) is 0 Å². The highest BCUT2D eigenvalue weighted by Crippen LogP contribution is 2.10. The molecule has 0 fully saturated rings. The van der Waals surface area contributed by atoms with Gasteiger partial charge in [-0.25, -0.2) is 9.78 Å². The SMILES string of the molecule is CC(C)=CCC/C(C)=C\[C@@H](C)OC(=O)c1ccccn1. The summed E-state index contributed by atoms with van der Waals surface area (Å²) in [4.78, 5) is 15.8. The van der Waals surface area contributed by atoms with Crippen LogP contribution in [0.4, 0.5) is 0 Å². The number of hydrogen-bond donors (Lipinski definition) is 0. The second-order valence-corrected chi connectivity index (χ2v) is 5.16. The van der Waals surface area contributed by atoms with Gasteiger partial charge in [-0.2, -0.15) is 0 Å². The van der Waals surface area contributed by atoms with Crippen LogP contribution in [0.15, 0.2) is 47.7 Å². The molecule has 1 heterocycles. The van der Waals surface area contributed by atoms with Crippen molar-refractivity contribution in [1.29, 1.82) is 0 Å². The minimum atomic E-state index is -0.383. The van der Waals surface area contributed by atoms with E-state index in [4.69, 9.17) is 4.74 Å². The molecule has 20 heavy (non-hydrogen) atoms. The summed E-state index contributed by atoms with van der Waals surface area (Å²) in [7, 11) is 0. The average Bonchev–Trinajstić information content (AvgIpc) is 2.38. The fraction of sp³-hybridized carbons (Fsp3) is 0.412. The third-order valence-electron chi connectivity index (χ3n) is 2.78. The molecule has 0 saturated carbocycles. The number of nitrogens with zero attached hydrogens (tertiary/aromatic N) is 1. The lowest BCUT2D eigenvalue weighted by Crippen LogP contribution is -2.14. The van der Waals surface area contributed by atoms with Crippen molar-refractivity contribution in [3.05, 3.63) is 53.4 Å². The van der Waals surface area contributed by atoms with Gasteiger partial charge in [0.25, 0.3) is 0 Å². The Morgan fingerprint density at radius 2 is 2.10 bits per heavy atom. The number of pyridine rings is 1. The number of carbonyl (C=O) groups is 1.